The Balaban J connectivity index is 1.67. The van der Waals surface area contributed by atoms with E-state index in [-0.39, 0.29) is 4.90 Å². The Morgan fingerprint density at radius 3 is 2.46 bits per heavy atom. The van der Waals surface area contributed by atoms with Crippen molar-refractivity contribution >= 4 is 26.8 Å². The van der Waals surface area contributed by atoms with Crippen molar-refractivity contribution in [3.05, 3.63) is 42.5 Å². The van der Waals surface area contributed by atoms with Crippen LogP contribution in [0.25, 0.3) is 10.8 Å². The van der Waals surface area contributed by atoms with Crippen LogP contribution in [0, 0.1) is 5.92 Å². The minimum absolute atomic E-state index is 0.119. The Hall–Kier alpha value is -2.12. The zero-order chi connectivity index (χ0) is 17.2. The Morgan fingerprint density at radius 2 is 1.75 bits per heavy atom. The van der Waals surface area contributed by atoms with Crippen LogP contribution in [0.2, 0.25) is 0 Å². The lowest BCUT2D eigenvalue weighted by Gasteiger charge is -2.30. The van der Waals surface area contributed by atoms with Crippen LogP contribution >= 0.6 is 0 Å². The van der Waals surface area contributed by atoms with Crippen LogP contribution in [-0.2, 0) is 10.0 Å². The molecule has 0 radical (unpaired) electrons. The van der Waals surface area contributed by atoms with E-state index in [1.54, 1.807) is 17.0 Å². The summed E-state index contributed by atoms with van der Waals surface area (Å²) in [6, 6.07) is 12.0. The van der Waals surface area contributed by atoms with Crippen LogP contribution in [0.15, 0.2) is 47.4 Å². The van der Waals surface area contributed by atoms with E-state index in [1.807, 2.05) is 24.3 Å². The molecule has 2 N–H and O–H groups in total. The number of sulfonamides is 1. The molecule has 2 aromatic rings. The largest absolute Gasteiger partial charge is 0.332 e. The van der Waals surface area contributed by atoms with Crippen molar-refractivity contribution in [1.82, 2.24) is 15.2 Å². The number of hydrogen-bond donors (Lipinski definition) is 2. The minimum Gasteiger partial charge on any atom is -0.324 e. The Labute approximate surface area is 141 Å². The highest BCUT2D eigenvalue weighted by atomic mass is 32.2. The van der Waals surface area contributed by atoms with Crippen molar-refractivity contribution in [1.29, 1.82) is 0 Å². The fraction of sp³-hybridized carbons (Fsp3) is 0.353. The molecule has 3 rings (SSSR count). The molecule has 1 saturated heterocycles. The van der Waals surface area contributed by atoms with Gasteiger partial charge in [0.1, 0.15) is 0 Å². The third kappa shape index (κ3) is 3.68. The van der Waals surface area contributed by atoms with Gasteiger partial charge in [-0.1, -0.05) is 37.3 Å². The summed E-state index contributed by atoms with van der Waals surface area (Å²) in [5, 5.41) is 1.79. The molecule has 128 valence electrons. The summed E-state index contributed by atoms with van der Waals surface area (Å²) >= 11 is 0. The lowest BCUT2D eigenvalue weighted by Crippen LogP contribution is -2.50. The lowest BCUT2D eigenvalue weighted by molar-refractivity contribution is 0.172. The SMILES string of the molecule is CC1CCN(C(=O)NNS(=O)(=O)c2ccc3ccccc3c2)CC1. The average molecular weight is 347 g/mol. The summed E-state index contributed by atoms with van der Waals surface area (Å²) in [6.45, 7) is 3.44. The summed E-state index contributed by atoms with van der Waals surface area (Å²) in [4.78, 5) is 16.0. The van der Waals surface area contributed by atoms with E-state index >= 15 is 0 Å². The molecular weight excluding hydrogens is 326 g/mol. The summed E-state index contributed by atoms with van der Waals surface area (Å²) in [6.07, 6.45) is 1.87. The van der Waals surface area contributed by atoms with E-state index in [9.17, 15) is 13.2 Å². The molecule has 1 fully saturated rings. The highest BCUT2D eigenvalue weighted by Crippen LogP contribution is 2.19. The number of carbonyl (C=O) groups is 1. The first-order valence-electron chi connectivity index (χ1n) is 8.01. The topological polar surface area (TPSA) is 78.5 Å². The van der Waals surface area contributed by atoms with E-state index in [4.69, 9.17) is 0 Å². The van der Waals surface area contributed by atoms with Crippen molar-refractivity contribution in [2.45, 2.75) is 24.7 Å². The number of nitrogens with zero attached hydrogens (tertiary/aromatic N) is 1. The number of urea groups is 1. The van der Waals surface area contributed by atoms with Gasteiger partial charge in [0.25, 0.3) is 10.0 Å². The number of benzene rings is 2. The molecule has 0 aromatic heterocycles. The molecule has 2 amide bonds. The number of hydrazine groups is 1. The molecule has 0 bridgehead atoms. The third-order valence-corrected chi connectivity index (χ3v) is 5.64. The van der Waals surface area contributed by atoms with Gasteiger partial charge in [-0.05, 0) is 41.7 Å². The summed E-state index contributed by atoms with van der Waals surface area (Å²) < 4.78 is 24.7. The fourth-order valence-electron chi connectivity index (χ4n) is 2.80. The van der Waals surface area contributed by atoms with Gasteiger partial charge in [0.2, 0.25) is 0 Å². The Bertz CT molecular complexity index is 843. The second-order valence-corrected chi connectivity index (χ2v) is 7.90. The quantitative estimate of drug-likeness (QED) is 0.837. The molecule has 7 heteroatoms. The number of piperidine rings is 1. The lowest BCUT2D eigenvalue weighted by atomic mass is 10.00. The van der Waals surface area contributed by atoms with Gasteiger partial charge in [0.15, 0.2) is 0 Å². The molecule has 0 unspecified atom stereocenters. The normalized spacial score (nSPS) is 16.3. The number of amides is 2. The Kier molecular flexibility index (Phi) is 4.73. The van der Waals surface area contributed by atoms with Gasteiger partial charge in [0.05, 0.1) is 4.90 Å². The second-order valence-electron chi connectivity index (χ2n) is 6.21. The maximum Gasteiger partial charge on any atom is 0.332 e. The molecule has 0 atom stereocenters. The predicted molar refractivity (Wildman–Crippen MR) is 92.8 cm³/mol. The fourth-order valence-corrected chi connectivity index (χ4v) is 3.66. The minimum atomic E-state index is -3.80. The molecule has 0 aliphatic carbocycles. The van der Waals surface area contributed by atoms with Crippen LogP contribution in [0.5, 0.6) is 0 Å². The van der Waals surface area contributed by atoms with Gasteiger partial charge < -0.3 is 4.90 Å². The highest BCUT2D eigenvalue weighted by molar-refractivity contribution is 7.89. The number of carbonyl (C=O) groups excluding carboxylic acids is 1. The van der Waals surface area contributed by atoms with E-state index in [2.05, 4.69) is 17.2 Å². The molecule has 1 heterocycles. The van der Waals surface area contributed by atoms with Gasteiger partial charge in [-0.25, -0.2) is 13.2 Å². The zero-order valence-corrected chi connectivity index (χ0v) is 14.3. The molecule has 6 nitrogen and oxygen atoms in total. The van der Waals surface area contributed by atoms with Gasteiger partial charge in [-0.3, -0.25) is 5.43 Å². The number of nitrogens with one attached hydrogen (secondary N) is 2. The predicted octanol–water partition coefficient (Wildman–Crippen LogP) is 2.47. The number of likely N-dealkylation sites (tertiary alicyclic amines) is 1. The molecule has 2 aromatic carbocycles. The van der Waals surface area contributed by atoms with Gasteiger partial charge in [-0.15, -0.1) is 4.83 Å². The van der Waals surface area contributed by atoms with E-state index in [1.165, 1.54) is 6.07 Å². The monoisotopic (exact) mass is 347 g/mol. The maximum absolute atomic E-state index is 12.4. The van der Waals surface area contributed by atoms with Crippen LogP contribution < -0.4 is 10.3 Å². The molecular formula is C17H21N3O3S. The second kappa shape index (κ2) is 6.78. The van der Waals surface area contributed by atoms with Crippen molar-refractivity contribution in [3.63, 3.8) is 0 Å². The van der Waals surface area contributed by atoms with Crippen molar-refractivity contribution < 1.29 is 13.2 Å². The van der Waals surface area contributed by atoms with Gasteiger partial charge >= 0.3 is 6.03 Å². The Morgan fingerprint density at radius 1 is 1.08 bits per heavy atom. The molecule has 1 aliphatic rings. The van der Waals surface area contributed by atoms with Crippen molar-refractivity contribution in [3.8, 4) is 0 Å². The standard InChI is InChI=1S/C17H21N3O3S/c1-13-8-10-20(11-9-13)17(21)18-19-24(22,23)16-7-6-14-4-2-3-5-15(14)12-16/h2-7,12-13,19H,8-11H2,1H3,(H,18,21). The van der Waals surface area contributed by atoms with E-state index in [0.29, 0.717) is 19.0 Å². The summed E-state index contributed by atoms with van der Waals surface area (Å²) in [5.74, 6) is 0.600. The summed E-state index contributed by atoms with van der Waals surface area (Å²) in [5.41, 5.74) is 2.30. The first kappa shape index (κ1) is 16.7. The van der Waals surface area contributed by atoms with Crippen LogP contribution in [-0.4, -0.2) is 32.4 Å². The first-order chi connectivity index (χ1) is 11.5. The van der Waals surface area contributed by atoms with Crippen molar-refractivity contribution in [2.75, 3.05) is 13.1 Å². The first-order valence-corrected chi connectivity index (χ1v) is 9.49. The molecule has 0 saturated carbocycles. The molecule has 0 spiro atoms. The molecule has 1 aliphatic heterocycles. The van der Waals surface area contributed by atoms with Crippen LogP contribution in [0.3, 0.4) is 0 Å². The highest BCUT2D eigenvalue weighted by Gasteiger charge is 2.22. The third-order valence-electron chi connectivity index (χ3n) is 4.39. The van der Waals surface area contributed by atoms with Gasteiger partial charge in [0, 0.05) is 13.1 Å². The van der Waals surface area contributed by atoms with Crippen LogP contribution in [0.4, 0.5) is 4.79 Å². The van der Waals surface area contributed by atoms with E-state index in [0.717, 1.165) is 23.6 Å². The van der Waals surface area contributed by atoms with Crippen LogP contribution in [0.1, 0.15) is 19.8 Å². The number of fused-ring (bicyclic) bond motifs is 1. The van der Waals surface area contributed by atoms with E-state index < -0.39 is 16.1 Å². The number of hydrogen-bond acceptors (Lipinski definition) is 3. The zero-order valence-electron chi connectivity index (χ0n) is 13.5. The smallest absolute Gasteiger partial charge is 0.324 e. The van der Waals surface area contributed by atoms with Crippen molar-refractivity contribution in [2.24, 2.45) is 5.92 Å². The summed E-state index contributed by atoms with van der Waals surface area (Å²) in [7, 11) is -3.80. The molecule has 24 heavy (non-hydrogen) atoms. The maximum atomic E-state index is 12.4. The van der Waals surface area contributed by atoms with Gasteiger partial charge in [-0.2, -0.15) is 0 Å². The average Bonchev–Trinajstić information content (AvgIpc) is 2.60. The number of rotatable bonds is 3.